The van der Waals surface area contributed by atoms with Crippen molar-refractivity contribution in [2.24, 2.45) is 0 Å². The molecule has 1 rings (SSSR count). The minimum Gasteiger partial charge on any atom is -0.462 e. The minimum absolute atomic E-state index is 0.0892. The Hall–Kier alpha value is -1.59. The molecule has 0 N–H and O–H groups in total. The lowest BCUT2D eigenvalue weighted by Crippen LogP contribution is -2.12. The normalized spacial score (nSPS) is 11.6. The van der Waals surface area contributed by atoms with Crippen LogP contribution in [0.15, 0.2) is 18.2 Å². The van der Waals surface area contributed by atoms with E-state index in [4.69, 9.17) is 4.74 Å². The Labute approximate surface area is 165 Å². The van der Waals surface area contributed by atoms with Crippen molar-refractivity contribution in [2.45, 2.75) is 90.1 Å². The number of carbonyl (C=O) groups excluding carboxylic acids is 1. The van der Waals surface area contributed by atoms with E-state index in [1.54, 1.807) is 0 Å². The van der Waals surface area contributed by atoms with E-state index >= 15 is 0 Å². The Morgan fingerprint density at radius 1 is 0.857 bits per heavy atom. The molecule has 0 aliphatic heterocycles. The molecule has 6 heteroatoms. The summed E-state index contributed by atoms with van der Waals surface area (Å²) in [6.07, 6.45) is 9.33. The van der Waals surface area contributed by atoms with Gasteiger partial charge in [0.25, 0.3) is 0 Å². The van der Waals surface area contributed by atoms with Gasteiger partial charge in [-0.2, -0.15) is 13.2 Å². The summed E-state index contributed by atoms with van der Waals surface area (Å²) < 4.78 is 56.5. The van der Waals surface area contributed by atoms with Crippen LogP contribution < -0.4 is 0 Å². The van der Waals surface area contributed by atoms with Gasteiger partial charge in [-0.3, -0.25) is 0 Å². The monoisotopic (exact) mass is 404 g/mol. The van der Waals surface area contributed by atoms with E-state index < -0.39 is 29.1 Å². The number of ether oxygens (including phenoxy) is 1. The predicted octanol–water partition coefficient (Wildman–Crippen LogP) is 7.70. The van der Waals surface area contributed by atoms with Crippen molar-refractivity contribution in [3.05, 3.63) is 35.1 Å². The van der Waals surface area contributed by atoms with E-state index in [0.29, 0.717) is 24.6 Å². The van der Waals surface area contributed by atoms with Gasteiger partial charge in [0, 0.05) is 0 Å². The summed E-state index contributed by atoms with van der Waals surface area (Å²) >= 11 is 0. The molecule has 0 saturated heterocycles. The first kappa shape index (κ1) is 24.4. The fraction of sp³-hybridized carbons (Fsp3) is 0.682. The summed E-state index contributed by atoms with van der Waals surface area (Å²) in [5.41, 5.74) is -1.74. The maximum Gasteiger partial charge on any atom is 0.416 e. The highest BCUT2D eigenvalue weighted by Crippen LogP contribution is 2.30. The molecule has 28 heavy (non-hydrogen) atoms. The Morgan fingerprint density at radius 2 is 1.36 bits per heavy atom. The van der Waals surface area contributed by atoms with Gasteiger partial charge in [-0.25, -0.2) is 9.18 Å². The quantitative estimate of drug-likeness (QED) is 0.180. The van der Waals surface area contributed by atoms with Gasteiger partial charge in [-0.1, -0.05) is 77.6 Å². The number of hydrogen-bond acceptors (Lipinski definition) is 2. The van der Waals surface area contributed by atoms with Crippen molar-refractivity contribution in [3.63, 3.8) is 0 Å². The number of rotatable bonds is 14. The average Bonchev–Trinajstić information content (AvgIpc) is 2.64. The highest BCUT2D eigenvalue weighted by Gasteiger charge is 2.32. The Morgan fingerprint density at radius 3 is 1.86 bits per heavy atom. The summed E-state index contributed by atoms with van der Waals surface area (Å²) in [6, 6.07) is 1.75. The zero-order chi connectivity index (χ0) is 20.8. The van der Waals surface area contributed by atoms with E-state index in [9.17, 15) is 22.4 Å². The third-order valence-electron chi connectivity index (χ3n) is 4.74. The molecule has 0 fully saturated rings. The van der Waals surface area contributed by atoms with E-state index in [0.717, 1.165) is 19.3 Å². The van der Waals surface area contributed by atoms with Gasteiger partial charge >= 0.3 is 12.1 Å². The molecule has 0 aliphatic rings. The van der Waals surface area contributed by atoms with Gasteiger partial charge in [0.15, 0.2) is 0 Å². The number of unbranched alkanes of at least 4 members (excludes halogenated alkanes) is 11. The fourth-order valence-electron chi connectivity index (χ4n) is 3.04. The molecule has 0 saturated carbocycles. The Kier molecular flexibility index (Phi) is 11.8. The zero-order valence-electron chi connectivity index (χ0n) is 16.8. The summed E-state index contributed by atoms with van der Waals surface area (Å²) in [5, 5.41) is 0. The largest absolute Gasteiger partial charge is 0.462 e. The highest BCUT2D eigenvalue weighted by atomic mass is 19.4. The SMILES string of the molecule is CCCCCCCCCCCCCCOC(=O)c1cc(C(F)(F)F)ccc1F. The van der Waals surface area contributed by atoms with Gasteiger partial charge in [0.1, 0.15) is 5.82 Å². The van der Waals surface area contributed by atoms with Crippen LogP contribution in [0.5, 0.6) is 0 Å². The first-order valence-electron chi connectivity index (χ1n) is 10.4. The van der Waals surface area contributed by atoms with Crippen molar-refractivity contribution < 1.29 is 27.1 Å². The molecule has 0 spiro atoms. The van der Waals surface area contributed by atoms with Crippen LogP contribution in [-0.2, 0) is 10.9 Å². The summed E-state index contributed by atoms with van der Waals surface area (Å²) in [5.74, 6) is -2.06. The van der Waals surface area contributed by atoms with Gasteiger partial charge in [0.05, 0.1) is 17.7 Å². The number of esters is 1. The third kappa shape index (κ3) is 10.1. The second-order valence-corrected chi connectivity index (χ2v) is 7.22. The van der Waals surface area contributed by atoms with Gasteiger partial charge in [-0.15, -0.1) is 0 Å². The van der Waals surface area contributed by atoms with Crippen LogP contribution in [0.4, 0.5) is 17.6 Å². The van der Waals surface area contributed by atoms with Crippen molar-refractivity contribution >= 4 is 5.97 Å². The van der Waals surface area contributed by atoms with Gasteiger partial charge < -0.3 is 4.74 Å². The standard InChI is InChI=1S/C22H32F4O2/c1-2-3-4-5-6-7-8-9-10-11-12-13-16-28-21(27)19-17-18(22(24,25)26)14-15-20(19)23/h14-15,17H,2-13,16H2,1H3. The minimum atomic E-state index is -4.63. The van der Waals surface area contributed by atoms with Crippen LogP contribution in [0.2, 0.25) is 0 Å². The van der Waals surface area contributed by atoms with E-state index in [1.807, 2.05) is 0 Å². The van der Waals surface area contributed by atoms with Crippen LogP contribution in [-0.4, -0.2) is 12.6 Å². The molecule has 0 unspecified atom stereocenters. The molecule has 0 radical (unpaired) electrons. The second kappa shape index (κ2) is 13.6. The molecule has 1 aromatic rings. The van der Waals surface area contributed by atoms with Crippen LogP contribution in [0, 0.1) is 5.82 Å². The molecule has 1 aromatic carbocycles. The number of halogens is 4. The first-order chi connectivity index (χ1) is 13.4. The number of carbonyl (C=O) groups is 1. The fourth-order valence-corrected chi connectivity index (χ4v) is 3.04. The highest BCUT2D eigenvalue weighted by molar-refractivity contribution is 5.89. The third-order valence-corrected chi connectivity index (χ3v) is 4.74. The van der Waals surface area contributed by atoms with Crippen molar-refractivity contribution in [1.29, 1.82) is 0 Å². The predicted molar refractivity (Wildman–Crippen MR) is 103 cm³/mol. The lowest BCUT2D eigenvalue weighted by Gasteiger charge is -2.10. The van der Waals surface area contributed by atoms with E-state index in [-0.39, 0.29) is 6.61 Å². The maximum atomic E-state index is 13.6. The molecule has 0 amide bonds. The Bertz CT molecular complexity index is 570. The van der Waals surface area contributed by atoms with Crippen LogP contribution in [0.1, 0.15) is 99.9 Å². The molecule has 160 valence electrons. The molecule has 0 aliphatic carbocycles. The molecule has 2 nitrogen and oxygen atoms in total. The maximum absolute atomic E-state index is 13.6. The zero-order valence-corrected chi connectivity index (χ0v) is 16.8. The number of benzene rings is 1. The topological polar surface area (TPSA) is 26.3 Å². The molecule has 0 atom stereocenters. The number of hydrogen-bond donors (Lipinski definition) is 0. The summed E-state index contributed by atoms with van der Waals surface area (Å²) in [4.78, 5) is 11.8. The molecular weight excluding hydrogens is 372 g/mol. The van der Waals surface area contributed by atoms with Crippen LogP contribution in [0.25, 0.3) is 0 Å². The van der Waals surface area contributed by atoms with Crippen LogP contribution >= 0.6 is 0 Å². The van der Waals surface area contributed by atoms with Crippen LogP contribution in [0.3, 0.4) is 0 Å². The molecule has 0 bridgehead atoms. The Balaban J connectivity index is 2.11. The van der Waals surface area contributed by atoms with E-state index in [2.05, 4.69) is 6.92 Å². The average molecular weight is 404 g/mol. The lowest BCUT2D eigenvalue weighted by atomic mass is 10.1. The van der Waals surface area contributed by atoms with Gasteiger partial charge in [0.2, 0.25) is 0 Å². The second-order valence-electron chi connectivity index (χ2n) is 7.22. The molecule has 0 aromatic heterocycles. The molecule has 0 heterocycles. The van der Waals surface area contributed by atoms with Crippen molar-refractivity contribution in [1.82, 2.24) is 0 Å². The molecular formula is C22H32F4O2. The van der Waals surface area contributed by atoms with Crippen molar-refractivity contribution in [3.8, 4) is 0 Å². The van der Waals surface area contributed by atoms with Crippen molar-refractivity contribution in [2.75, 3.05) is 6.61 Å². The van der Waals surface area contributed by atoms with Gasteiger partial charge in [-0.05, 0) is 24.6 Å². The lowest BCUT2D eigenvalue weighted by molar-refractivity contribution is -0.137. The smallest absolute Gasteiger partial charge is 0.416 e. The summed E-state index contributed by atoms with van der Waals surface area (Å²) in [6.45, 7) is 2.30. The number of alkyl halides is 3. The summed E-state index contributed by atoms with van der Waals surface area (Å²) in [7, 11) is 0. The van der Waals surface area contributed by atoms with E-state index in [1.165, 1.54) is 51.4 Å². The first-order valence-corrected chi connectivity index (χ1v) is 10.4.